The Morgan fingerprint density at radius 3 is 2.54 bits per heavy atom. The van der Waals surface area contributed by atoms with Crippen molar-refractivity contribution in [2.75, 3.05) is 12.4 Å². The van der Waals surface area contributed by atoms with Crippen LogP contribution in [-0.4, -0.2) is 17.6 Å². The summed E-state index contributed by atoms with van der Waals surface area (Å²) in [7, 11) is 1.55. The topological polar surface area (TPSA) is 60.3 Å². The molecule has 1 aromatic heterocycles. The molecule has 0 aliphatic heterocycles. The summed E-state index contributed by atoms with van der Waals surface area (Å²) >= 11 is 0. The van der Waals surface area contributed by atoms with E-state index in [9.17, 15) is 9.59 Å². The molecular weight excluding hydrogens is 328 g/mol. The van der Waals surface area contributed by atoms with Crippen molar-refractivity contribution < 1.29 is 9.53 Å². The molecule has 134 valence electrons. The normalized spacial score (nSPS) is 10.8. The minimum absolute atomic E-state index is 0.0580. The van der Waals surface area contributed by atoms with E-state index in [1.807, 2.05) is 45.0 Å². The van der Waals surface area contributed by atoms with Crippen LogP contribution in [0.4, 0.5) is 5.69 Å². The van der Waals surface area contributed by atoms with Gasteiger partial charge in [-0.15, -0.1) is 0 Å². The van der Waals surface area contributed by atoms with Crippen LogP contribution in [0.5, 0.6) is 5.75 Å². The number of aryl methyl sites for hydroxylation is 3. The quantitative estimate of drug-likeness (QED) is 0.782. The van der Waals surface area contributed by atoms with Gasteiger partial charge in [-0.1, -0.05) is 23.8 Å². The molecule has 0 spiro atoms. The number of nitrogens with one attached hydrogen (secondary N) is 1. The second-order valence-electron chi connectivity index (χ2n) is 6.48. The van der Waals surface area contributed by atoms with Gasteiger partial charge >= 0.3 is 0 Å². The van der Waals surface area contributed by atoms with Crippen molar-refractivity contribution in [2.24, 2.45) is 0 Å². The van der Waals surface area contributed by atoms with Crippen LogP contribution in [0.2, 0.25) is 0 Å². The zero-order valence-electron chi connectivity index (χ0n) is 15.4. The number of rotatable bonds is 4. The molecule has 1 N–H and O–H groups in total. The number of hydrogen-bond donors (Lipinski definition) is 1. The van der Waals surface area contributed by atoms with Gasteiger partial charge < -0.3 is 10.1 Å². The average Bonchev–Trinajstić information content (AvgIpc) is 2.59. The van der Waals surface area contributed by atoms with Gasteiger partial charge in [0.2, 0.25) is 5.91 Å². The summed E-state index contributed by atoms with van der Waals surface area (Å²) in [4.78, 5) is 25.1. The zero-order valence-corrected chi connectivity index (χ0v) is 15.4. The highest BCUT2D eigenvalue weighted by atomic mass is 16.5. The van der Waals surface area contributed by atoms with E-state index < -0.39 is 0 Å². The summed E-state index contributed by atoms with van der Waals surface area (Å²) in [5.74, 6) is 0.301. The number of methoxy groups -OCH3 is 1. The highest BCUT2D eigenvalue weighted by molar-refractivity contribution is 5.94. The van der Waals surface area contributed by atoms with Gasteiger partial charge in [0.1, 0.15) is 12.3 Å². The van der Waals surface area contributed by atoms with Gasteiger partial charge in [0, 0.05) is 11.5 Å². The fourth-order valence-corrected chi connectivity index (χ4v) is 3.31. The number of amides is 1. The molecule has 0 bridgehead atoms. The molecule has 3 rings (SSSR count). The number of anilines is 1. The van der Waals surface area contributed by atoms with Crippen molar-refractivity contribution in [2.45, 2.75) is 27.3 Å². The predicted octanol–water partition coefficient (Wildman–Crippen LogP) is 3.57. The van der Waals surface area contributed by atoms with E-state index in [1.54, 1.807) is 25.3 Å². The van der Waals surface area contributed by atoms with Crippen LogP contribution < -0.4 is 15.6 Å². The molecule has 0 unspecified atom stereocenters. The molecule has 26 heavy (non-hydrogen) atoms. The lowest BCUT2D eigenvalue weighted by Crippen LogP contribution is -2.28. The third kappa shape index (κ3) is 3.33. The first kappa shape index (κ1) is 17.7. The summed E-state index contributed by atoms with van der Waals surface area (Å²) in [6, 6.07) is 12.8. The maximum absolute atomic E-state index is 12.6. The Hall–Kier alpha value is -3.08. The Bertz CT molecular complexity index is 1050. The van der Waals surface area contributed by atoms with Gasteiger partial charge in [-0.3, -0.25) is 14.2 Å². The first-order valence-electron chi connectivity index (χ1n) is 8.45. The number of pyridine rings is 1. The van der Waals surface area contributed by atoms with Gasteiger partial charge in [0.05, 0.1) is 18.3 Å². The summed E-state index contributed by atoms with van der Waals surface area (Å²) in [5, 5.41) is 3.82. The molecule has 0 saturated carbocycles. The van der Waals surface area contributed by atoms with Crippen LogP contribution in [0.1, 0.15) is 16.7 Å². The van der Waals surface area contributed by atoms with Crippen LogP contribution in [-0.2, 0) is 11.3 Å². The number of para-hydroxylation sites is 2. The molecule has 2 aromatic carbocycles. The van der Waals surface area contributed by atoms with Crippen LogP contribution in [0, 0.1) is 20.8 Å². The van der Waals surface area contributed by atoms with Gasteiger partial charge in [0.25, 0.3) is 5.56 Å². The molecule has 0 fully saturated rings. The third-order valence-electron chi connectivity index (χ3n) is 4.43. The first-order chi connectivity index (χ1) is 12.4. The molecule has 1 heterocycles. The smallest absolute Gasteiger partial charge is 0.251 e. The second kappa shape index (κ2) is 7.04. The van der Waals surface area contributed by atoms with Gasteiger partial charge in [-0.25, -0.2) is 0 Å². The van der Waals surface area contributed by atoms with E-state index in [-0.39, 0.29) is 18.0 Å². The number of hydrogen-bond acceptors (Lipinski definition) is 3. The lowest BCUT2D eigenvalue weighted by atomic mass is 10.0. The van der Waals surface area contributed by atoms with Crippen molar-refractivity contribution in [3.05, 3.63) is 69.5 Å². The van der Waals surface area contributed by atoms with E-state index in [0.717, 1.165) is 27.6 Å². The Kier molecular flexibility index (Phi) is 4.80. The van der Waals surface area contributed by atoms with E-state index in [4.69, 9.17) is 4.74 Å². The molecular formula is C21H22N2O3. The molecule has 0 saturated heterocycles. The zero-order chi connectivity index (χ0) is 18.8. The van der Waals surface area contributed by atoms with Crippen molar-refractivity contribution in [3.63, 3.8) is 0 Å². The summed E-state index contributed by atoms with van der Waals surface area (Å²) in [5.41, 5.74) is 4.22. The molecule has 0 aliphatic rings. The molecule has 3 aromatic rings. The number of aromatic nitrogens is 1. The minimum atomic E-state index is -0.276. The Balaban J connectivity index is 2.01. The molecule has 5 nitrogen and oxygen atoms in total. The van der Waals surface area contributed by atoms with Crippen molar-refractivity contribution in [1.29, 1.82) is 0 Å². The Morgan fingerprint density at radius 2 is 1.81 bits per heavy atom. The number of benzene rings is 2. The standard InChI is InChI=1S/C21H22N2O3/c1-13-9-15(3)21-16(10-13)14(2)11-20(25)23(21)12-19(24)22-17-7-5-6-8-18(17)26-4/h5-11H,12H2,1-4H3,(H,22,24). The van der Waals surface area contributed by atoms with Gasteiger partial charge in [-0.05, 0) is 50.1 Å². The molecule has 0 atom stereocenters. The number of ether oxygens (including phenoxy) is 1. The van der Waals surface area contributed by atoms with Crippen LogP contribution >= 0.6 is 0 Å². The molecule has 1 amide bonds. The predicted molar refractivity (Wildman–Crippen MR) is 104 cm³/mol. The lowest BCUT2D eigenvalue weighted by molar-refractivity contribution is -0.116. The fourth-order valence-electron chi connectivity index (χ4n) is 3.31. The minimum Gasteiger partial charge on any atom is -0.495 e. The molecule has 5 heteroatoms. The monoisotopic (exact) mass is 350 g/mol. The SMILES string of the molecule is COc1ccccc1NC(=O)Cn1c(=O)cc(C)c2cc(C)cc(C)c21. The molecule has 0 aliphatic carbocycles. The third-order valence-corrected chi connectivity index (χ3v) is 4.43. The number of carbonyl (C=O) groups excluding carboxylic acids is 1. The van der Waals surface area contributed by atoms with Gasteiger partial charge in [0.15, 0.2) is 0 Å². The number of nitrogens with zero attached hydrogens (tertiary/aromatic N) is 1. The Morgan fingerprint density at radius 1 is 1.08 bits per heavy atom. The summed E-state index contributed by atoms with van der Waals surface area (Å²) in [6.07, 6.45) is 0. The van der Waals surface area contributed by atoms with E-state index in [0.29, 0.717) is 11.4 Å². The fraction of sp³-hybridized carbons (Fsp3) is 0.238. The van der Waals surface area contributed by atoms with Crippen molar-refractivity contribution in [1.82, 2.24) is 4.57 Å². The summed E-state index contributed by atoms with van der Waals surface area (Å²) in [6.45, 7) is 5.85. The van der Waals surface area contributed by atoms with E-state index >= 15 is 0 Å². The maximum Gasteiger partial charge on any atom is 0.251 e. The largest absolute Gasteiger partial charge is 0.495 e. The van der Waals surface area contributed by atoms with Crippen LogP contribution in [0.15, 0.2) is 47.3 Å². The van der Waals surface area contributed by atoms with Crippen molar-refractivity contribution in [3.8, 4) is 5.75 Å². The second-order valence-corrected chi connectivity index (χ2v) is 6.48. The average molecular weight is 350 g/mol. The van der Waals surface area contributed by atoms with Crippen LogP contribution in [0.25, 0.3) is 10.9 Å². The highest BCUT2D eigenvalue weighted by Gasteiger charge is 2.14. The Labute approximate surface area is 152 Å². The van der Waals surface area contributed by atoms with E-state index in [1.165, 1.54) is 4.57 Å². The highest BCUT2D eigenvalue weighted by Crippen LogP contribution is 2.24. The number of fused-ring (bicyclic) bond motifs is 1. The lowest BCUT2D eigenvalue weighted by Gasteiger charge is -2.15. The first-order valence-corrected chi connectivity index (χ1v) is 8.45. The summed E-state index contributed by atoms with van der Waals surface area (Å²) < 4.78 is 6.78. The van der Waals surface area contributed by atoms with Crippen LogP contribution in [0.3, 0.4) is 0 Å². The van der Waals surface area contributed by atoms with E-state index in [2.05, 4.69) is 5.32 Å². The molecule has 0 radical (unpaired) electrons. The maximum atomic E-state index is 12.6. The van der Waals surface area contributed by atoms with Crippen molar-refractivity contribution >= 4 is 22.5 Å². The number of carbonyl (C=O) groups is 1. The van der Waals surface area contributed by atoms with Gasteiger partial charge in [-0.2, -0.15) is 0 Å².